The summed E-state index contributed by atoms with van der Waals surface area (Å²) in [5.41, 5.74) is 0.666. The second-order valence-electron chi connectivity index (χ2n) is 4.69. The SMILES string of the molecule is C=CCN(CC=C)C(=O)CNc1cccc(Cl)c1OCCOC. The molecule has 1 aromatic carbocycles. The van der Waals surface area contributed by atoms with Crippen molar-refractivity contribution < 1.29 is 14.3 Å². The zero-order valence-corrected chi connectivity index (χ0v) is 14.1. The quantitative estimate of drug-likeness (QED) is 0.498. The summed E-state index contributed by atoms with van der Waals surface area (Å²) in [4.78, 5) is 13.9. The highest BCUT2D eigenvalue weighted by molar-refractivity contribution is 6.32. The number of nitrogens with zero attached hydrogens (tertiary/aromatic N) is 1. The van der Waals surface area contributed by atoms with Crippen molar-refractivity contribution in [2.75, 3.05) is 45.3 Å². The predicted molar refractivity (Wildman–Crippen MR) is 94.3 cm³/mol. The molecule has 1 aromatic rings. The molecule has 0 radical (unpaired) electrons. The van der Waals surface area contributed by atoms with E-state index < -0.39 is 0 Å². The average molecular weight is 339 g/mol. The van der Waals surface area contributed by atoms with E-state index in [9.17, 15) is 4.79 Å². The lowest BCUT2D eigenvalue weighted by Gasteiger charge is -2.20. The molecular formula is C17H23ClN2O3. The normalized spacial score (nSPS) is 10.0. The Morgan fingerprint density at radius 3 is 2.61 bits per heavy atom. The number of amides is 1. The van der Waals surface area contributed by atoms with Gasteiger partial charge in [-0.3, -0.25) is 4.79 Å². The summed E-state index contributed by atoms with van der Waals surface area (Å²) in [5.74, 6) is 0.450. The molecule has 0 atom stereocenters. The molecule has 0 spiro atoms. The molecule has 0 fully saturated rings. The summed E-state index contributed by atoms with van der Waals surface area (Å²) in [6, 6.07) is 5.34. The lowest BCUT2D eigenvalue weighted by atomic mass is 10.3. The van der Waals surface area contributed by atoms with Crippen LogP contribution in [-0.4, -0.2) is 50.8 Å². The fraction of sp³-hybridized carbons (Fsp3) is 0.353. The van der Waals surface area contributed by atoms with Gasteiger partial charge in [-0.1, -0.05) is 29.8 Å². The maximum atomic E-state index is 12.2. The molecule has 0 saturated carbocycles. The highest BCUT2D eigenvalue weighted by Gasteiger charge is 2.13. The van der Waals surface area contributed by atoms with Crippen molar-refractivity contribution >= 4 is 23.2 Å². The predicted octanol–water partition coefficient (Wildman–Crippen LogP) is 2.98. The van der Waals surface area contributed by atoms with Gasteiger partial charge in [0.05, 0.1) is 23.9 Å². The highest BCUT2D eigenvalue weighted by atomic mass is 35.5. The van der Waals surface area contributed by atoms with E-state index in [0.717, 1.165) is 0 Å². The van der Waals surface area contributed by atoms with Crippen LogP contribution in [0.2, 0.25) is 5.02 Å². The summed E-state index contributed by atoms with van der Waals surface area (Å²) < 4.78 is 10.6. The van der Waals surface area contributed by atoms with E-state index in [1.807, 2.05) is 6.07 Å². The first kappa shape index (κ1) is 19.1. The van der Waals surface area contributed by atoms with Crippen LogP contribution in [0.25, 0.3) is 0 Å². The van der Waals surface area contributed by atoms with Crippen molar-refractivity contribution in [2.24, 2.45) is 0 Å². The van der Waals surface area contributed by atoms with Gasteiger partial charge >= 0.3 is 0 Å². The molecule has 0 aliphatic rings. The van der Waals surface area contributed by atoms with E-state index in [-0.39, 0.29) is 12.5 Å². The Bertz CT molecular complexity index is 525. The maximum Gasteiger partial charge on any atom is 0.242 e. The number of hydrogen-bond donors (Lipinski definition) is 1. The summed E-state index contributed by atoms with van der Waals surface area (Å²) in [6.07, 6.45) is 3.36. The van der Waals surface area contributed by atoms with Crippen LogP contribution >= 0.6 is 11.6 Å². The summed E-state index contributed by atoms with van der Waals surface area (Å²) in [6.45, 7) is 9.21. The molecule has 1 rings (SSSR count). The molecule has 23 heavy (non-hydrogen) atoms. The van der Waals surface area contributed by atoms with Crippen LogP contribution in [0.3, 0.4) is 0 Å². The number of carbonyl (C=O) groups is 1. The molecule has 0 aliphatic heterocycles. The summed E-state index contributed by atoms with van der Waals surface area (Å²) in [5, 5.41) is 3.55. The molecule has 0 bridgehead atoms. The van der Waals surface area contributed by atoms with E-state index in [1.165, 1.54) is 0 Å². The number of nitrogens with one attached hydrogen (secondary N) is 1. The van der Waals surface area contributed by atoms with Crippen molar-refractivity contribution in [3.63, 3.8) is 0 Å². The van der Waals surface area contributed by atoms with Crippen LogP contribution < -0.4 is 10.1 Å². The Morgan fingerprint density at radius 2 is 2.00 bits per heavy atom. The smallest absolute Gasteiger partial charge is 0.242 e. The van der Waals surface area contributed by atoms with Crippen molar-refractivity contribution in [3.8, 4) is 5.75 Å². The first-order valence-electron chi connectivity index (χ1n) is 7.27. The molecule has 1 amide bonds. The third-order valence-corrected chi connectivity index (χ3v) is 3.28. The van der Waals surface area contributed by atoms with Crippen LogP contribution in [0.1, 0.15) is 0 Å². The van der Waals surface area contributed by atoms with Gasteiger partial charge in [-0.15, -0.1) is 13.2 Å². The van der Waals surface area contributed by atoms with Gasteiger partial charge in [0.15, 0.2) is 5.75 Å². The Kier molecular flexibility index (Phi) is 8.87. The molecule has 0 aliphatic carbocycles. The molecule has 0 saturated heterocycles. The number of rotatable bonds is 11. The fourth-order valence-corrected chi connectivity index (χ4v) is 2.12. The molecule has 6 heteroatoms. The van der Waals surface area contributed by atoms with Crippen molar-refractivity contribution in [1.29, 1.82) is 0 Å². The lowest BCUT2D eigenvalue weighted by molar-refractivity contribution is -0.128. The van der Waals surface area contributed by atoms with Gasteiger partial charge in [-0.25, -0.2) is 0 Å². The molecule has 0 heterocycles. The van der Waals surface area contributed by atoms with Crippen molar-refractivity contribution in [2.45, 2.75) is 0 Å². The first-order chi connectivity index (χ1) is 11.1. The van der Waals surface area contributed by atoms with Crippen LogP contribution in [0.4, 0.5) is 5.69 Å². The molecule has 126 valence electrons. The van der Waals surface area contributed by atoms with Gasteiger partial charge in [-0.2, -0.15) is 0 Å². The van der Waals surface area contributed by atoms with Gasteiger partial charge in [-0.05, 0) is 12.1 Å². The van der Waals surface area contributed by atoms with E-state index in [0.29, 0.717) is 42.8 Å². The number of para-hydroxylation sites is 1. The highest BCUT2D eigenvalue weighted by Crippen LogP contribution is 2.32. The number of hydrogen-bond acceptors (Lipinski definition) is 4. The minimum atomic E-state index is -0.0624. The van der Waals surface area contributed by atoms with Crippen LogP contribution in [0, 0.1) is 0 Å². The Balaban J connectivity index is 2.72. The zero-order valence-electron chi connectivity index (χ0n) is 13.4. The number of anilines is 1. The van der Waals surface area contributed by atoms with Crippen LogP contribution in [0.15, 0.2) is 43.5 Å². The van der Waals surface area contributed by atoms with Gasteiger partial charge in [0, 0.05) is 20.2 Å². The Labute approximate surface area is 142 Å². The van der Waals surface area contributed by atoms with Crippen molar-refractivity contribution in [1.82, 2.24) is 4.90 Å². The van der Waals surface area contributed by atoms with Crippen LogP contribution in [0.5, 0.6) is 5.75 Å². The average Bonchev–Trinajstić information content (AvgIpc) is 2.54. The second-order valence-corrected chi connectivity index (χ2v) is 5.09. The second kappa shape index (κ2) is 10.7. The van der Waals surface area contributed by atoms with Gasteiger partial charge < -0.3 is 19.7 Å². The Morgan fingerprint density at radius 1 is 1.30 bits per heavy atom. The Hall–Kier alpha value is -1.98. The third kappa shape index (κ3) is 6.34. The standard InChI is InChI=1S/C17H23ClN2O3/c1-4-9-20(10-5-2)16(21)13-19-15-8-6-7-14(18)17(15)23-12-11-22-3/h4-8,19H,1-2,9-13H2,3H3. The number of halogens is 1. The van der Waals surface area contributed by atoms with E-state index in [2.05, 4.69) is 18.5 Å². The van der Waals surface area contributed by atoms with E-state index >= 15 is 0 Å². The topological polar surface area (TPSA) is 50.8 Å². The summed E-state index contributed by atoms with van der Waals surface area (Å²) in [7, 11) is 1.60. The first-order valence-corrected chi connectivity index (χ1v) is 7.65. The van der Waals surface area contributed by atoms with Gasteiger partial charge in [0.25, 0.3) is 0 Å². The lowest BCUT2D eigenvalue weighted by Crippen LogP contribution is -2.35. The van der Waals surface area contributed by atoms with E-state index in [1.54, 1.807) is 36.3 Å². The molecule has 0 unspecified atom stereocenters. The number of carbonyl (C=O) groups excluding carboxylic acids is 1. The maximum absolute atomic E-state index is 12.2. The monoisotopic (exact) mass is 338 g/mol. The van der Waals surface area contributed by atoms with Crippen LogP contribution in [-0.2, 0) is 9.53 Å². The van der Waals surface area contributed by atoms with Gasteiger partial charge in [0.2, 0.25) is 5.91 Å². The number of ether oxygens (including phenoxy) is 2. The zero-order chi connectivity index (χ0) is 17.1. The molecule has 0 aromatic heterocycles. The minimum Gasteiger partial charge on any atom is -0.487 e. The minimum absolute atomic E-state index is 0.0624. The molecular weight excluding hydrogens is 316 g/mol. The fourth-order valence-electron chi connectivity index (χ4n) is 1.89. The molecule has 1 N–H and O–H groups in total. The molecule has 5 nitrogen and oxygen atoms in total. The number of methoxy groups -OCH3 is 1. The number of benzene rings is 1. The summed E-state index contributed by atoms with van der Waals surface area (Å²) >= 11 is 6.16. The van der Waals surface area contributed by atoms with Gasteiger partial charge in [0.1, 0.15) is 6.61 Å². The third-order valence-electron chi connectivity index (χ3n) is 2.98. The van der Waals surface area contributed by atoms with E-state index in [4.69, 9.17) is 21.1 Å². The van der Waals surface area contributed by atoms with Crippen molar-refractivity contribution in [3.05, 3.63) is 48.5 Å². The largest absolute Gasteiger partial charge is 0.487 e.